The van der Waals surface area contributed by atoms with Crippen LogP contribution in [-0.2, 0) is 15.6 Å². The molecule has 2 aromatic rings. The largest absolute Gasteiger partial charge is 0.495 e. The zero-order valence-electron chi connectivity index (χ0n) is 9.91. The van der Waals surface area contributed by atoms with Crippen LogP contribution >= 0.6 is 0 Å². The molecule has 0 aliphatic carbocycles. The fraction of sp³-hybridized carbons (Fsp3) is 0.154. The van der Waals surface area contributed by atoms with Crippen molar-refractivity contribution in [2.75, 3.05) is 7.11 Å². The van der Waals surface area contributed by atoms with E-state index >= 15 is 0 Å². The van der Waals surface area contributed by atoms with Gasteiger partial charge < -0.3 is 4.74 Å². The summed E-state index contributed by atoms with van der Waals surface area (Å²) in [5.74, 6) is 0.224. The Balaban J connectivity index is 2.37. The predicted molar refractivity (Wildman–Crippen MR) is 68.1 cm³/mol. The smallest absolute Gasteiger partial charge is 0.187 e. The van der Waals surface area contributed by atoms with E-state index in [-0.39, 0.29) is 10.6 Å². The molecule has 5 heteroatoms. The number of rotatable bonds is 4. The number of nitrogens with zero attached hydrogens (tertiary/aromatic N) is 1. The minimum absolute atomic E-state index is 0.131. The topological polar surface area (TPSA) is 56.3 Å². The van der Waals surface area contributed by atoms with Gasteiger partial charge >= 0.3 is 0 Å². The fourth-order valence-corrected chi connectivity index (χ4v) is 3.09. The molecule has 0 bridgehead atoms. The van der Waals surface area contributed by atoms with Crippen LogP contribution < -0.4 is 4.74 Å². The van der Waals surface area contributed by atoms with Crippen LogP contribution in [0.3, 0.4) is 0 Å². The standard InChI is InChI=1S/C13H13NO3S/c1-17-12-7-2-3-8-13(12)18(15,16)10-11-6-4-5-9-14-11/h2-9H,10H2,1H3. The van der Waals surface area contributed by atoms with Gasteiger partial charge in [-0.1, -0.05) is 18.2 Å². The van der Waals surface area contributed by atoms with Crippen LogP contribution in [0.1, 0.15) is 5.69 Å². The highest BCUT2D eigenvalue weighted by molar-refractivity contribution is 7.90. The summed E-state index contributed by atoms with van der Waals surface area (Å²) in [5.41, 5.74) is 0.517. The van der Waals surface area contributed by atoms with Gasteiger partial charge in [0.2, 0.25) is 0 Å². The number of hydrogen-bond donors (Lipinski definition) is 0. The van der Waals surface area contributed by atoms with Crippen LogP contribution in [0.15, 0.2) is 53.6 Å². The summed E-state index contributed by atoms with van der Waals surface area (Å²) in [6.07, 6.45) is 1.58. The zero-order chi connectivity index (χ0) is 13.0. The van der Waals surface area contributed by atoms with Crippen LogP contribution in [-0.4, -0.2) is 20.5 Å². The molecular weight excluding hydrogens is 250 g/mol. The molecule has 4 nitrogen and oxygen atoms in total. The summed E-state index contributed by atoms with van der Waals surface area (Å²) >= 11 is 0. The molecule has 0 unspecified atom stereocenters. The Hall–Kier alpha value is -1.88. The molecule has 1 heterocycles. The van der Waals surface area contributed by atoms with Crippen molar-refractivity contribution in [1.29, 1.82) is 0 Å². The maximum Gasteiger partial charge on any atom is 0.187 e. The molecule has 1 aromatic carbocycles. The maximum absolute atomic E-state index is 12.3. The lowest BCUT2D eigenvalue weighted by molar-refractivity contribution is 0.402. The second-order valence-corrected chi connectivity index (χ2v) is 5.69. The molecule has 0 fully saturated rings. The Kier molecular flexibility index (Phi) is 3.62. The van der Waals surface area contributed by atoms with Gasteiger partial charge in [0.05, 0.1) is 18.6 Å². The molecule has 18 heavy (non-hydrogen) atoms. The van der Waals surface area contributed by atoms with Crippen molar-refractivity contribution in [3.05, 3.63) is 54.4 Å². The van der Waals surface area contributed by atoms with E-state index in [2.05, 4.69) is 4.98 Å². The van der Waals surface area contributed by atoms with Crippen LogP contribution in [0, 0.1) is 0 Å². The first kappa shape index (κ1) is 12.6. The first-order valence-electron chi connectivity index (χ1n) is 5.39. The lowest BCUT2D eigenvalue weighted by Gasteiger charge is -2.08. The summed E-state index contributed by atoms with van der Waals surface area (Å²) in [6, 6.07) is 11.8. The SMILES string of the molecule is COc1ccccc1S(=O)(=O)Cc1ccccn1. The van der Waals surface area contributed by atoms with E-state index in [1.807, 2.05) is 0 Å². The third-order valence-electron chi connectivity index (χ3n) is 2.47. The van der Waals surface area contributed by atoms with E-state index in [1.54, 1.807) is 42.6 Å². The van der Waals surface area contributed by atoms with E-state index < -0.39 is 9.84 Å². The maximum atomic E-state index is 12.3. The fourth-order valence-electron chi connectivity index (χ4n) is 1.63. The monoisotopic (exact) mass is 263 g/mol. The molecule has 0 saturated carbocycles. The quantitative estimate of drug-likeness (QED) is 0.847. The van der Waals surface area contributed by atoms with Gasteiger partial charge in [-0.15, -0.1) is 0 Å². The summed E-state index contributed by atoms with van der Waals surface area (Å²) < 4.78 is 29.6. The van der Waals surface area contributed by atoms with Crippen molar-refractivity contribution in [2.45, 2.75) is 10.6 Å². The molecule has 0 spiro atoms. The molecule has 0 amide bonds. The van der Waals surface area contributed by atoms with Crippen LogP contribution in [0.4, 0.5) is 0 Å². The Morgan fingerprint density at radius 1 is 1.11 bits per heavy atom. The zero-order valence-corrected chi connectivity index (χ0v) is 10.7. The number of pyridine rings is 1. The number of para-hydroxylation sites is 1. The van der Waals surface area contributed by atoms with Crippen LogP contribution in [0.2, 0.25) is 0 Å². The normalized spacial score (nSPS) is 11.2. The number of hydrogen-bond acceptors (Lipinski definition) is 4. The summed E-state index contributed by atoms with van der Waals surface area (Å²) in [5, 5.41) is 0. The Labute approximate surface area is 106 Å². The van der Waals surface area contributed by atoms with Crippen molar-refractivity contribution in [2.24, 2.45) is 0 Å². The second-order valence-electron chi connectivity index (χ2n) is 3.73. The van der Waals surface area contributed by atoms with Gasteiger partial charge in [-0.3, -0.25) is 4.98 Å². The summed E-state index contributed by atoms with van der Waals surface area (Å²) in [6.45, 7) is 0. The van der Waals surface area contributed by atoms with Gasteiger partial charge in [0.15, 0.2) is 9.84 Å². The van der Waals surface area contributed by atoms with Crippen molar-refractivity contribution < 1.29 is 13.2 Å². The highest BCUT2D eigenvalue weighted by atomic mass is 32.2. The van der Waals surface area contributed by atoms with E-state index in [1.165, 1.54) is 13.2 Å². The molecule has 0 atom stereocenters. The predicted octanol–water partition coefficient (Wildman–Crippen LogP) is 2.06. The van der Waals surface area contributed by atoms with Crippen molar-refractivity contribution in [1.82, 2.24) is 4.98 Å². The van der Waals surface area contributed by atoms with E-state index in [4.69, 9.17) is 4.74 Å². The van der Waals surface area contributed by atoms with Gasteiger partial charge in [0.1, 0.15) is 10.6 Å². The molecule has 0 radical (unpaired) electrons. The highest BCUT2D eigenvalue weighted by Crippen LogP contribution is 2.25. The van der Waals surface area contributed by atoms with Gasteiger partial charge in [0, 0.05) is 6.20 Å². The molecular formula is C13H13NO3S. The molecule has 2 rings (SSSR count). The number of aromatic nitrogens is 1. The Bertz CT molecular complexity index is 624. The number of methoxy groups -OCH3 is 1. The average Bonchev–Trinajstić information content (AvgIpc) is 2.39. The third kappa shape index (κ3) is 2.68. The van der Waals surface area contributed by atoms with Crippen molar-refractivity contribution in [3.8, 4) is 5.75 Å². The van der Waals surface area contributed by atoms with E-state index in [9.17, 15) is 8.42 Å². The lowest BCUT2D eigenvalue weighted by Crippen LogP contribution is -2.07. The molecule has 0 aliphatic rings. The minimum Gasteiger partial charge on any atom is -0.495 e. The van der Waals surface area contributed by atoms with Gasteiger partial charge in [-0.2, -0.15) is 0 Å². The molecule has 0 aliphatic heterocycles. The average molecular weight is 263 g/mol. The molecule has 0 saturated heterocycles. The number of benzene rings is 1. The molecule has 94 valence electrons. The first-order valence-corrected chi connectivity index (χ1v) is 7.04. The lowest BCUT2D eigenvalue weighted by atomic mass is 10.3. The minimum atomic E-state index is -3.44. The van der Waals surface area contributed by atoms with Crippen LogP contribution in [0.5, 0.6) is 5.75 Å². The molecule has 1 aromatic heterocycles. The van der Waals surface area contributed by atoms with Crippen molar-refractivity contribution >= 4 is 9.84 Å². The second kappa shape index (κ2) is 5.18. The highest BCUT2D eigenvalue weighted by Gasteiger charge is 2.20. The van der Waals surface area contributed by atoms with E-state index in [0.717, 1.165) is 0 Å². The first-order chi connectivity index (χ1) is 8.63. The van der Waals surface area contributed by atoms with Gasteiger partial charge in [-0.25, -0.2) is 8.42 Å². The van der Waals surface area contributed by atoms with Crippen molar-refractivity contribution in [3.63, 3.8) is 0 Å². The Morgan fingerprint density at radius 2 is 1.83 bits per heavy atom. The summed E-state index contributed by atoms with van der Waals surface area (Å²) in [7, 11) is -1.99. The molecule has 0 N–H and O–H groups in total. The number of sulfone groups is 1. The van der Waals surface area contributed by atoms with Crippen LogP contribution in [0.25, 0.3) is 0 Å². The van der Waals surface area contributed by atoms with E-state index in [0.29, 0.717) is 11.4 Å². The Morgan fingerprint density at radius 3 is 2.50 bits per heavy atom. The van der Waals surface area contributed by atoms with Gasteiger partial charge in [0.25, 0.3) is 0 Å². The van der Waals surface area contributed by atoms with Gasteiger partial charge in [-0.05, 0) is 24.3 Å². The third-order valence-corrected chi connectivity index (χ3v) is 4.15. The summed E-state index contributed by atoms with van der Waals surface area (Å²) in [4.78, 5) is 4.22. The number of ether oxygens (including phenoxy) is 1.